The molecular formula is C30H48N2O2. The van der Waals surface area contributed by atoms with Crippen molar-refractivity contribution in [3.8, 4) is 0 Å². The molecule has 0 aromatic heterocycles. The molecular weight excluding hydrogens is 420 g/mol. The summed E-state index contributed by atoms with van der Waals surface area (Å²) in [6.45, 7) is 17.2. The molecule has 4 heteroatoms. The molecule has 34 heavy (non-hydrogen) atoms. The van der Waals surface area contributed by atoms with Crippen LogP contribution < -0.4 is 5.32 Å². The van der Waals surface area contributed by atoms with Crippen molar-refractivity contribution in [1.82, 2.24) is 10.2 Å². The van der Waals surface area contributed by atoms with Gasteiger partial charge in [-0.3, -0.25) is 9.59 Å². The molecule has 0 aliphatic heterocycles. The lowest BCUT2D eigenvalue weighted by Gasteiger charge is -2.32. The van der Waals surface area contributed by atoms with E-state index in [1.54, 1.807) is 6.08 Å². The maximum atomic E-state index is 12.1. The SMILES string of the molecule is CCN(CC)C(=O)CCCCCNC(=O)/C=C(C)/C=C/C=C(C)/C=C/C1=C(C)CCCC1(C)C. The van der Waals surface area contributed by atoms with Gasteiger partial charge >= 0.3 is 0 Å². The lowest BCUT2D eigenvalue weighted by Crippen LogP contribution is -2.30. The predicted molar refractivity (Wildman–Crippen MR) is 146 cm³/mol. The Bertz CT molecular complexity index is 821. The van der Waals surface area contributed by atoms with Crippen molar-refractivity contribution in [2.24, 2.45) is 5.41 Å². The molecule has 0 atom stereocenters. The maximum absolute atomic E-state index is 12.1. The van der Waals surface area contributed by atoms with E-state index >= 15 is 0 Å². The van der Waals surface area contributed by atoms with Gasteiger partial charge in [0, 0.05) is 32.1 Å². The van der Waals surface area contributed by atoms with Gasteiger partial charge in [0.15, 0.2) is 0 Å². The molecule has 0 fully saturated rings. The highest BCUT2D eigenvalue weighted by Gasteiger charge is 2.26. The van der Waals surface area contributed by atoms with Crippen molar-refractivity contribution in [1.29, 1.82) is 0 Å². The summed E-state index contributed by atoms with van der Waals surface area (Å²) in [5, 5.41) is 2.94. The summed E-state index contributed by atoms with van der Waals surface area (Å²) in [7, 11) is 0. The summed E-state index contributed by atoms with van der Waals surface area (Å²) >= 11 is 0. The van der Waals surface area contributed by atoms with Crippen molar-refractivity contribution in [2.45, 2.75) is 93.4 Å². The molecule has 1 rings (SSSR count). The van der Waals surface area contributed by atoms with Crippen molar-refractivity contribution >= 4 is 11.8 Å². The Balaban J connectivity index is 2.39. The Morgan fingerprint density at radius 2 is 1.74 bits per heavy atom. The lowest BCUT2D eigenvalue weighted by atomic mass is 9.72. The van der Waals surface area contributed by atoms with Crippen molar-refractivity contribution in [3.63, 3.8) is 0 Å². The van der Waals surface area contributed by atoms with Crippen LogP contribution in [0.1, 0.15) is 93.4 Å². The second-order valence-electron chi connectivity index (χ2n) is 10.1. The van der Waals surface area contributed by atoms with E-state index in [0.717, 1.165) is 37.9 Å². The first-order valence-electron chi connectivity index (χ1n) is 13.1. The quantitative estimate of drug-likeness (QED) is 0.179. The van der Waals surface area contributed by atoms with E-state index in [1.165, 1.54) is 36.0 Å². The minimum absolute atomic E-state index is 0.0658. The van der Waals surface area contributed by atoms with Crippen LogP contribution in [0.4, 0.5) is 0 Å². The number of nitrogens with one attached hydrogen (secondary N) is 1. The second-order valence-corrected chi connectivity index (χ2v) is 10.1. The third kappa shape index (κ3) is 11.2. The summed E-state index contributed by atoms with van der Waals surface area (Å²) < 4.78 is 0. The van der Waals surface area contributed by atoms with Crippen molar-refractivity contribution in [3.05, 3.63) is 58.7 Å². The van der Waals surface area contributed by atoms with Crippen LogP contribution in [0.5, 0.6) is 0 Å². The smallest absolute Gasteiger partial charge is 0.244 e. The Morgan fingerprint density at radius 1 is 1.03 bits per heavy atom. The fraction of sp³-hybridized carbons (Fsp3) is 0.600. The Labute approximate surface area is 209 Å². The molecule has 1 aliphatic rings. The molecule has 0 bridgehead atoms. The van der Waals surface area contributed by atoms with Gasteiger partial charge in [-0.1, -0.05) is 61.8 Å². The van der Waals surface area contributed by atoms with E-state index < -0.39 is 0 Å². The van der Waals surface area contributed by atoms with Crippen molar-refractivity contribution < 1.29 is 9.59 Å². The molecule has 0 saturated heterocycles. The van der Waals surface area contributed by atoms with Gasteiger partial charge in [0.2, 0.25) is 11.8 Å². The van der Waals surface area contributed by atoms with Gasteiger partial charge in [-0.15, -0.1) is 0 Å². The molecule has 0 saturated carbocycles. The largest absolute Gasteiger partial charge is 0.353 e. The van der Waals surface area contributed by atoms with Crippen LogP contribution in [0.3, 0.4) is 0 Å². The van der Waals surface area contributed by atoms with E-state index in [9.17, 15) is 9.59 Å². The number of hydrogen-bond donors (Lipinski definition) is 1. The molecule has 2 amide bonds. The number of carbonyl (C=O) groups excluding carboxylic acids is 2. The van der Waals surface area contributed by atoms with Gasteiger partial charge in [0.05, 0.1) is 0 Å². The summed E-state index contributed by atoms with van der Waals surface area (Å²) in [4.78, 5) is 26.0. The number of hydrogen-bond acceptors (Lipinski definition) is 2. The van der Waals surface area contributed by atoms with Crippen LogP contribution in [0.15, 0.2) is 58.7 Å². The van der Waals surface area contributed by atoms with Gasteiger partial charge < -0.3 is 10.2 Å². The van der Waals surface area contributed by atoms with E-state index in [1.807, 2.05) is 37.8 Å². The van der Waals surface area contributed by atoms with Gasteiger partial charge in [0.1, 0.15) is 0 Å². The number of allylic oxidation sites excluding steroid dienone is 9. The zero-order valence-corrected chi connectivity index (χ0v) is 22.8. The van der Waals surface area contributed by atoms with E-state index in [4.69, 9.17) is 0 Å². The standard InChI is InChI=1S/C30H48N2O2/c1-8-32(9-2)29(34)18-11-10-12-22-31-28(33)23-25(4)16-13-15-24(3)19-20-27-26(5)17-14-21-30(27,6)7/h13,15-16,19-20,23H,8-12,14,17-18,21-22H2,1-7H3,(H,31,33)/b16-13+,20-19+,24-15+,25-23+. The monoisotopic (exact) mass is 468 g/mol. The molecule has 1 aliphatic carbocycles. The predicted octanol–water partition coefficient (Wildman–Crippen LogP) is 7.06. The van der Waals surface area contributed by atoms with Gasteiger partial charge in [-0.2, -0.15) is 0 Å². The normalized spacial score (nSPS) is 17.0. The van der Waals surface area contributed by atoms with Crippen LogP contribution in [0.2, 0.25) is 0 Å². The number of rotatable bonds is 13. The lowest BCUT2D eigenvalue weighted by molar-refractivity contribution is -0.131. The molecule has 4 nitrogen and oxygen atoms in total. The fourth-order valence-electron chi connectivity index (χ4n) is 4.46. The molecule has 190 valence electrons. The summed E-state index contributed by atoms with van der Waals surface area (Å²) in [5.74, 6) is 0.160. The molecule has 0 aromatic carbocycles. The molecule has 0 heterocycles. The fourth-order valence-corrected chi connectivity index (χ4v) is 4.46. The number of amides is 2. The average molecular weight is 469 g/mol. The number of unbranched alkanes of at least 4 members (excludes halogenated alkanes) is 2. The van der Waals surface area contributed by atoms with E-state index in [-0.39, 0.29) is 17.2 Å². The third-order valence-electron chi connectivity index (χ3n) is 6.62. The van der Waals surface area contributed by atoms with Crippen LogP contribution in [-0.2, 0) is 9.59 Å². The average Bonchev–Trinajstić information content (AvgIpc) is 2.76. The summed E-state index contributed by atoms with van der Waals surface area (Å²) in [6, 6.07) is 0. The van der Waals surface area contributed by atoms with Crippen LogP contribution in [0.25, 0.3) is 0 Å². The zero-order chi connectivity index (χ0) is 25.6. The molecule has 0 unspecified atom stereocenters. The van der Waals surface area contributed by atoms with Crippen LogP contribution >= 0.6 is 0 Å². The van der Waals surface area contributed by atoms with Gasteiger partial charge in [-0.05, 0) is 83.3 Å². The molecule has 0 spiro atoms. The van der Waals surface area contributed by atoms with E-state index in [2.05, 4.69) is 51.2 Å². The first-order valence-corrected chi connectivity index (χ1v) is 13.1. The van der Waals surface area contributed by atoms with Crippen LogP contribution in [0, 0.1) is 5.41 Å². The highest BCUT2D eigenvalue weighted by Crippen LogP contribution is 2.40. The Morgan fingerprint density at radius 3 is 2.38 bits per heavy atom. The molecule has 0 aromatic rings. The first kappa shape index (κ1) is 29.7. The van der Waals surface area contributed by atoms with Crippen molar-refractivity contribution in [2.75, 3.05) is 19.6 Å². The Hall–Kier alpha value is -2.36. The maximum Gasteiger partial charge on any atom is 0.244 e. The molecule has 0 radical (unpaired) electrons. The number of carbonyl (C=O) groups is 2. The summed E-state index contributed by atoms with van der Waals surface area (Å²) in [6.07, 6.45) is 19.2. The second kappa shape index (κ2) is 15.5. The van der Waals surface area contributed by atoms with Gasteiger partial charge in [0.25, 0.3) is 0 Å². The summed E-state index contributed by atoms with van der Waals surface area (Å²) in [5.41, 5.74) is 5.34. The minimum atomic E-state index is -0.0658. The Kier molecular flexibility index (Phi) is 13.5. The highest BCUT2D eigenvalue weighted by atomic mass is 16.2. The zero-order valence-electron chi connectivity index (χ0n) is 22.8. The van der Waals surface area contributed by atoms with Gasteiger partial charge in [-0.25, -0.2) is 0 Å². The highest BCUT2D eigenvalue weighted by molar-refractivity contribution is 5.88. The van der Waals surface area contributed by atoms with Crippen LogP contribution in [-0.4, -0.2) is 36.3 Å². The minimum Gasteiger partial charge on any atom is -0.353 e. The molecule has 1 N–H and O–H groups in total. The first-order chi connectivity index (χ1) is 16.1. The third-order valence-corrected chi connectivity index (χ3v) is 6.62. The number of nitrogens with zero attached hydrogens (tertiary/aromatic N) is 1. The van der Waals surface area contributed by atoms with E-state index in [0.29, 0.717) is 13.0 Å². The topological polar surface area (TPSA) is 49.4 Å².